The van der Waals surface area contributed by atoms with Gasteiger partial charge in [0.05, 0.1) is 16.7 Å². The molecule has 1 N–H and O–H groups in total. The SMILES string of the molecule is CN(C)C1CCc2ccc3c(ccn3S(=O)(=O)c3ccccc3Cl)c2N1. The fourth-order valence-corrected chi connectivity index (χ4v) is 5.35. The largest absolute Gasteiger partial charge is 0.369 e. The minimum atomic E-state index is -3.76. The second-order valence-electron chi connectivity index (χ2n) is 6.74. The number of aromatic nitrogens is 1. The zero-order valence-corrected chi connectivity index (χ0v) is 16.2. The Morgan fingerprint density at radius 2 is 1.92 bits per heavy atom. The van der Waals surface area contributed by atoms with Crippen molar-refractivity contribution in [1.29, 1.82) is 0 Å². The van der Waals surface area contributed by atoms with Gasteiger partial charge in [-0.15, -0.1) is 0 Å². The lowest BCUT2D eigenvalue weighted by molar-refractivity contribution is 0.302. The van der Waals surface area contributed by atoms with Crippen LogP contribution in [0.1, 0.15) is 12.0 Å². The van der Waals surface area contributed by atoms with Crippen LogP contribution >= 0.6 is 11.6 Å². The lowest BCUT2D eigenvalue weighted by Gasteiger charge is -2.32. The predicted molar refractivity (Wildman–Crippen MR) is 105 cm³/mol. The molecule has 1 unspecified atom stereocenters. The molecule has 1 aromatic heterocycles. The normalized spacial score (nSPS) is 17.3. The van der Waals surface area contributed by atoms with E-state index in [9.17, 15) is 8.42 Å². The second-order valence-corrected chi connectivity index (χ2v) is 8.93. The number of benzene rings is 2. The summed E-state index contributed by atoms with van der Waals surface area (Å²) < 4.78 is 27.6. The summed E-state index contributed by atoms with van der Waals surface area (Å²) in [5.41, 5.74) is 2.87. The summed E-state index contributed by atoms with van der Waals surface area (Å²) >= 11 is 6.14. The van der Waals surface area contributed by atoms with Crippen LogP contribution in [0.2, 0.25) is 5.02 Å². The first kappa shape index (κ1) is 17.4. The summed E-state index contributed by atoms with van der Waals surface area (Å²) in [7, 11) is 0.312. The van der Waals surface area contributed by atoms with Gasteiger partial charge in [0, 0.05) is 17.3 Å². The van der Waals surface area contributed by atoms with E-state index in [1.165, 1.54) is 15.6 Å². The molecular formula is C19H20ClN3O2S. The van der Waals surface area contributed by atoms with E-state index in [1.54, 1.807) is 24.4 Å². The van der Waals surface area contributed by atoms with Crippen molar-refractivity contribution in [3.8, 4) is 0 Å². The monoisotopic (exact) mass is 389 g/mol. The van der Waals surface area contributed by atoms with Crippen molar-refractivity contribution in [3.05, 3.63) is 59.2 Å². The number of rotatable bonds is 3. The molecule has 0 amide bonds. The van der Waals surface area contributed by atoms with Crippen molar-refractivity contribution in [1.82, 2.24) is 8.87 Å². The zero-order valence-electron chi connectivity index (χ0n) is 14.6. The third-order valence-electron chi connectivity index (χ3n) is 4.92. The number of nitrogens with zero attached hydrogens (tertiary/aromatic N) is 2. The van der Waals surface area contributed by atoms with Crippen molar-refractivity contribution in [2.45, 2.75) is 23.9 Å². The standard InChI is InChI=1S/C19H20ClN3O2S/c1-22(2)18-10-8-13-7-9-16-14(19(13)21-18)11-12-23(16)26(24,25)17-6-4-3-5-15(17)20/h3-7,9,11-12,18,21H,8,10H2,1-2H3. The Morgan fingerprint density at radius 1 is 1.15 bits per heavy atom. The molecule has 0 spiro atoms. The van der Waals surface area contributed by atoms with E-state index in [-0.39, 0.29) is 16.1 Å². The first-order valence-corrected chi connectivity index (χ1v) is 10.3. The molecule has 0 fully saturated rings. The summed E-state index contributed by atoms with van der Waals surface area (Å²) in [6.45, 7) is 0. The Bertz CT molecular complexity index is 1090. The molecule has 0 bridgehead atoms. The van der Waals surface area contributed by atoms with Crippen LogP contribution in [0, 0.1) is 0 Å². The summed E-state index contributed by atoms with van der Waals surface area (Å²) in [6.07, 6.45) is 3.81. The van der Waals surface area contributed by atoms with Gasteiger partial charge >= 0.3 is 0 Å². The maximum atomic E-state index is 13.1. The number of aryl methyl sites for hydroxylation is 1. The highest BCUT2D eigenvalue weighted by atomic mass is 35.5. The van der Waals surface area contributed by atoms with E-state index in [1.807, 2.05) is 32.3 Å². The quantitative estimate of drug-likeness (QED) is 0.740. The van der Waals surface area contributed by atoms with Gasteiger partial charge in [-0.3, -0.25) is 4.90 Å². The molecular weight excluding hydrogens is 370 g/mol. The molecule has 3 aromatic rings. The minimum absolute atomic E-state index is 0.107. The van der Waals surface area contributed by atoms with Gasteiger partial charge in [0.15, 0.2) is 0 Å². The summed E-state index contributed by atoms with van der Waals surface area (Å²) in [4.78, 5) is 2.25. The Morgan fingerprint density at radius 3 is 2.65 bits per heavy atom. The molecule has 0 radical (unpaired) electrons. The molecule has 1 aliphatic heterocycles. The van der Waals surface area contributed by atoms with E-state index in [4.69, 9.17) is 11.6 Å². The van der Waals surface area contributed by atoms with Crippen LogP contribution in [0.4, 0.5) is 5.69 Å². The van der Waals surface area contributed by atoms with Crippen molar-refractivity contribution in [2.24, 2.45) is 0 Å². The van der Waals surface area contributed by atoms with Gasteiger partial charge in [0.25, 0.3) is 10.0 Å². The average molecular weight is 390 g/mol. The van der Waals surface area contributed by atoms with Crippen LogP contribution in [0.25, 0.3) is 10.9 Å². The fraction of sp³-hybridized carbons (Fsp3) is 0.263. The van der Waals surface area contributed by atoms with Gasteiger partial charge in [0.2, 0.25) is 0 Å². The first-order chi connectivity index (χ1) is 12.4. The van der Waals surface area contributed by atoms with Gasteiger partial charge in [-0.2, -0.15) is 0 Å². The molecule has 0 aliphatic carbocycles. The molecule has 7 heteroatoms. The van der Waals surface area contributed by atoms with Crippen LogP contribution < -0.4 is 5.32 Å². The van der Waals surface area contributed by atoms with Gasteiger partial charge < -0.3 is 5.32 Å². The number of halogens is 1. The predicted octanol–water partition coefficient (Wildman–Crippen LogP) is 3.78. The molecule has 2 aromatic carbocycles. The fourth-order valence-electron chi connectivity index (χ4n) is 3.50. The Hall–Kier alpha value is -2.02. The third-order valence-corrected chi connectivity index (χ3v) is 7.11. The summed E-state index contributed by atoms with van der Waals surface area (Å²) in [5.74, 6) is 0. The molecule has 136 valence electrons. The van der Waals surface area contributed by atoms with Crippen LogP contribution in [-0.4, -0.2) is 37.6 Å². The van der Waals surface area contributed by atoms with Crippen molar-refractivity contribution < 1.29 is 8.42 Å². The van der Waals surface area contributed by atoms with Crippen LogP contribution in [0.15, 0.2) is 53.6 Å². The minimum Gasteiger partial charge on any atom is -0.369 e. The van der Waals surface area contributed by atoms with Crippen LogP contribution in [0.5, 0.6) is 0 Å². The van der Waals surface area contributed by atoms with Gasteiger partial charge in [0.1, 0.15) is 4.90 Å². The molecule has 1 atom stereocenters. The number of hydrogen-bond acceptors (Lipinski definition) is 4. The van der Waals surface area contributed by atoms with Crippen molar-refractivity contribution >= 4 is 38.2 Å². The van der Waals surface area contributed by atoms with Gasteiger partial charge in [-0.25, -0.2) is 12.4 Å². The number of anilines is 1. The molecule has 5 nitrogen and oxygen atoms in total. The van der Waals surface area contributed by atoms with E-state index in [0.29, 0.717) is 5.52 Å². The Kier molecular flexibility index (Phi) is 4.22. The zero-order chi connectivity index (χ0) is 18.5. The van der Waals surface area contributed by atoms with Gasteiger partial charge in [-0.05, 0) is 56.8 Å². The molecule has 26 heavy (non-hydrogen) atoms. The summed E-state index contributed by atoms with van der Waals surface area (Å²) in [5, 5.41) is 4.67. The highest BCUT2D eigenvalue weighted by Gasteiger charge is 2.25. The lowest BCUT2D eigenvalue weighted by Crippen LogP contribution is -2.38. The number of fused-ring (bicyclic) bond motifs is 3. The van der Waals surface area contributed by atoms with E-state index < -0.39 is 10.0 Å². The second kappa shape index (κ2) is 6.30. The molecule has 0 saturated heterocycles. The average Bonchev–Trinajstić information content (AvgIpc) is 3.06. The topological polar surface area (TPSA) is 54.3 Å². The van der Waals surface area contributed by atoms with Crippen LogP contribution in [-0.2, 0) is 16.4 Å². The lowest BCUT2D eigenvalue weighted by atomic mass is 9.99. The smallest absolute Gasteiger partial charge is 0.269 e. The molecule has 2 heterocycles. The van der Waals surface area contributed by atoms with Crippen molar-refractivity contribution in [2.75, 3.05) is 19.4 Å². The molecule has 1 aliphatic rings. The number of nitrogens with one attached hydrogen (secondary N) is 1. The number of hydrogen-bond donors (Lipinski definition) is 1. The van der Waals surface area contributed by atoms with E-state index >= 15 is 0 Å². The molecule has 4 rings (SSSR count). The molecule has 0 saturated carbocycles. The van der Waals surface area contributed by atoms with E-state index in [0.717, 1.165) is 23.9 Å². The first-order valence-electron chi connectivity index (χ1n) is 8.45. The van der Waals surface area contributed by atoms with Crippen LogP contribution in [0.3, 0.4) is 0 Å². The van der Waals surface area contributed by atoms with Gasteiger partial charge in [-0.1, -0.05) is 29.8 Å². The Labute approximate surface area is 158 Å². The third kappa shape index (κ3) is 2.69. The highest BCUT2D eigenvalue weighted by Crippen LogP contribution is 2.35. The highest BCUT2D eigenvalue weighted by molar-refractivity contribution is 7.90. The Balaban J connectivity index is 1.87. The maximum absolute atomic E-state index is 13.1. The summed E-state index contributed by atoms with van der Waals surface area (Å²) in [6, 6.07) is 12.3. The maximum Gasteiger partial charge on any atom is 0.269 e. The van der Waals surface area contributed by atoms with Crippen molar-refractivity contribution in [3.63, 3.8) is 0 Å². The van der Waals surface area contributed by atoms with E-state index in [2.05, 4.69) is 10.2 Å².